The van der Waals surface area contributed by atoms with Crippen molar-refractivity contribution in [3.05, 3.63) is 31.1 Å². The number of aromatic nitrogens is 7. The molecule has 0 N–H and O–H groups in total. The second-order valence-electron chi connectivity index (χ2n) is 6.77. The molecule has 0 amide bonds. The number of hydrogen-bond acceptors (Lipinski definition) is 7. The second kappa shape index (κ2) is 6.58. The van der Waals surface area contributed by atoms with Gasteiger partial charge in [-0.25, -0.2) is 0 Å². The number of fused-ring (bicyclic) bond motifs is 1. The van der Waals surface area contributed by atoms with E-state index in [4.69, 9.17) is 4.42 Å². The van der Waals surface area contributed by atoms with Crippen LogP contribution in [0.2, 0.25) is 0 Å². The molecule has 9 nitrogen and oxygen atoms in total. The Hall–Kier alpha value is -2.51. The van der Waals surface area contributed by atoms with Gasteiger partial charge in [-0.1, -0.05) is 0 Å². The standard InChI is InChI=1S/C17H19AsN8O/c1-24-5-2-11(3-6-24)25-10-12(8-20-25)26-14-13(9-21-26)22-16(23-15(14)18)17-19-4-7-27-17/h4,7-11H,2-3,5-6,18H2,1H3. The van der Waals surface area contributed by atoms with E-state index in [1.54, 1.807) is 12.4 Å². The van der Waals surface area contributed by atoms with Gasteiger partial charge in [-0.15, -0.1) is 0 Å². The van der Waals surface area contributed by atoms with Crippen LogP contribution in [0, 0.1) is 0 Å². The van der Waals surface area contributed by atoms with Crippen molar-refractivity contribution in [3.8, 4) is 17.4 Å². The summed E-state index contributed by atoms with van der Waals surface area (Å²) in [5, 5.41) is 9.12. The molecular formula is C17H19AsN8O. The number of hydrogen-bond donors (Lipinski definition) is 0. The van der Waals surface area contributed by atoms with Crippen LogP contribution in [0.25, 0.3) is 28.4 Å². The van der Waals surface area contributed by atoms with E-state index in [-0.39, 0.29) is 0 Å². The Balaban J connectivity index is 1.51. The van der Waals surface area contributed by atoms with Crippen LogP contribution in [0.1, 0.15) is 18.9 Å². The predicted molar refractivity (Wildman–Crippen MR) is 102 cm³/mol. The van der Waals surface area contributed by atoms with E-state index in [9.17, 15) is 0 Å². The zero-order chi connectivity index (χ0) is 18.4. The number of oxazole rings is 1. The number of likely N-dealkylation sites (tertiary alicyclic amines) is 1. The Labute approximate surface area is 163 Å². The third-order valence-corrected chi connectivity index (χ3v) is 5.81. The summed E-state index contributed by atoms with van der Waals surface area (Å²) in [6, 6.07) is 0.440. The molecular weight excluding hydrogens is 407 g/mol. The van der Waals surface area contributed by atoms with Gasteiger partial charge in [0.1, 0.15) is 0 Å². The average Bonchev–Trinajstić information content (AvgIpc) is 3.42. The van der Waals surface area contributed by atoms with Gasteiger partial charge in [0.25, 0.3) is 0 Å². The van der Waals surface area contributed by atoms with Crippen LogP contribution in [0.5, 0.6) is 0 Å². The summed E-state index contributed by atoms with van der Waals surface area (Å²) >= 11 is 1.41. The summed E-state index contributed by atoms with van der Waals surface area (Å²) in [4.78, 5) is 15.6. The third-order valence-electron chi connectivity index (χ3n) is 4.96. The molecule has 5 rings (SSSR count). The molecule has 4 aromatic heterocycles. The van der Waals surface area contributed by atoms with Crippen molar-refractivity contribution in [2.24, 2.45) is 0 Å². The first-order valence-electron chi connectivity index (χ1n) is 8.83. The molecule has 27 heavy (non-hydrogen) atoms. The number of rotatable bonds is 3. The molecule has 1 atom stereocenters. The van der Waals surface area contributed by atoms with Crippen LogP contribution in [0.4, 0.5) is 0 Å². The van der Waals surface area contributed by atoms with Gasteiger partial charge in [-0.3, -0.25) is 0 Å². The molecule has 1 aliphatic rings. The first-order valence-corrected chi connectivity index (χ1v) is 10.0. The Morgan fingerprint density at radius 3 is 2.78 bits per heavy atom. The molecule has 1 unspecified atom stereocenters. The van der Waals surface area contributed by atoms with Crippen LogP contribution >= 0.6 is 0 Å². The maximum absolute atomic E-state index is 5.32. The third kappa shape index (κ3) is 2.96. The SMILES string of the molecule is CN1CCC(n2cc(-n3ncc4nc(-c5ncco5)nc([AsH2])c43)cn2)CC1. The van der Waals surface area contributed by atoms with Gasteiger partial charge in [0.2, 0.25) is 0 Å². The van der Waals surface area contributed by atoms with Gasteiger partial charge in [0.05, 0.1) is 0 Å². The molecule has 0 saturated carbocycles. The van der Waals surface area contributed by atoms with E-state index in [0.29, 0.717) is 17.8 Å². The van der Waals surface area contributed by atoms with Crippen LogP contribution in [0.3, 0.4) is 0 Å². The minimum atomic E-state index is 0.415. The average molecular weight is 426 g/mol. The first kappa shape index (κ1) is 16.6. The monoisotopic (exact) mass is 426 g/mol. The Kier molecular flexibility index (Phi) is 4.06. The van der Waals surface area contributed by atoms with Crippen molar-refractivity contribution >= 4 is 32.4 Å². The topological polar surface area (TPSA) is 90.7 Å². The molecule has 0 spiro atoms. The first-order chi connectivity index (χ1) is 13.2. The van der Waals surface area contributed by atoms with E-state index in [0.717, 1.165) is 47.1 Å². The molecule has 1 saturated heterocycles. The van der Waals surface area contributed by atoms with Gasteiger partial charge in [-0.05, 0) is 0 Å². The van der Waals surface area contributed by atoms with Crippen LogP contribution in [-0.4, -0.2) is 76.4 Å². The van der Waals surface area contributed by atoms with Crippen molar-refractivity contribution in [2.75, 3.05) is 20.1 Å². The molecule has 0 aliphatic carbocycles. The van der Waals surface area contributed by atoms with Crippen molar-refractivity contribution < 1.29 is 4.42 Å². The maximum atomic E-state index is 5.32. The molecule has 138 valence electrons. The Morgan fingerprint density at radius 1 is 1.15 bits per heavy atom. The van der Waals surface area contributed by atoms with E-state index in [2.05, 4.69) is 48.0 Å². The molecule has 0 bridgehead atoms. The second-order valence-corrected chi connectivity index (χ2v) is 7.92. The van der Waals surface area contributed by atoms with E-state index in [1.807, 2.05) is 10.9 Å². The van der Waals surface area contributed by atoms with E-state index < -0.39 is 0 Å². The van der Waals surface area contributed by atoms with Gasteiger partial charge in [0.15, 0.2) is 0 Å². The molecule has 1 aliphatic heterocycles. The zero-order valence-electron chi connectivity index (χ0n) is 14.9. The normalized spacial score (nSPS) is 16.4. The summed E-state index contributed by atoms with van der Waals surface area (Å²) in [5.41, 5.74) is 2.59. The van der Waals surface area contributed by atoms with E-state index >= 15 is 0 Å². The van der Waals surface area contributed by atoms with Crippen molar-refractivity contribution in [3.63, 3.8) is 0 Å². The molecule has 4 aromatic rings. The number of piperidine rings is 1. The molecule has 0 radical (unpaired) electrons. The fourth-order valence-corrected chi connectivity index (χ4v) is 4.31. The zero-order valence-corrected chi connectivity index (χ0v) is 17.3. The predicted octanol–water partition coefficient (Wildman–Crippen LogP) is 0.192. The summed E-state index contributed by atoms with van der Waals surface area (Å²) in [5.74, 6) is 0.895. The molecule has 0 aromatic carbocycles. The number of nitrogens with zero attached hydrogens (tertiary/aromatic N) is 8. The fraction of sp³-hybridized carbons (Fsp3) is 0.353. The summed E-state index contributed by atoms with van der Waals surface area (Å²) in [7, 11) is 2.16. The summed E-state index contributed by atoms with van der Waals surface area (Å²) in [6.45, 7) is 2.20. The van der Waals surface area contributed by atoms with Crippen molar-refractivity contribution in [2.45, 2.75) is 18.9 Å². The van der Waals surface area contributed by atoms with Crippen molar-refractivity contribution in [1.29, 1.82) is 0 Å². The van der Waals surface area contributed by atoms with Crippen molar-refractivity contribution in [1.82, 2.24) is 39.4 Å². The molecule has 5 heterocycles. The fourth-order valence-electron chi connectivity index (χ4n) is 3.49. The molecule has 1 fully saturated rings. The van der Waals surface area contributed by atoms with Crippen LogP contribution < -0.4 is 4.48 Å². The van der Waals surface area contributed by atoms with Gasteiger partial charge in [-0.2, -0.15) is 0 Å². The van der Waals surface area contributed by atoms with E-state index in [1.165, 1.54) is 23.1 Å². The summed E-state index contributed by atoms with van der Waals surface area (Å²) < 4.78 is 10.1. The summed E-state index contributed by atoms with van der Waals surface area (Å²) in [6.07, 6.45) is 11.0. The van der Waals surface area contributed by atoms with Crippen LogP contribution in [0.15, 0.2) is 35.5 Å². The van der Waals surface area contributed by atoms with Gasteiger partial charge < -0.3 is 0 Å². The van der Waals surface area contributed by atoms with Gasteiger partial charge >= 0.3 is 164 Å². The Morgan fingerprint density at radius 2 is 2.00 bits per heavy atom. The van der Waals surface area contributed by atoms with Gasteiger partial charge in [0, 0.05) is 0 Å². The minimum absolute atomic E-state index is 0.415. The van der Waals surface area contributed by atoms with Crippen LogP contribution in [-0.2, 0) is 0 Å². The Bertz CT molecular complexity index is 1080. The molecule has 10 heteroatoms. The quantitative estimate of drug-likeness (QED) is 0.432.